The first-order valence-corrected chi connectivity index (χ1v) is 6.93. The molecule has 0 radical (unpaired) electrons. The number of nitrogens with two attached hydrogens (primary N) is 1. The number of nitrogens with one attached hydrogen (secondary N) is 1. The van der Waals surface area contributed by atoms with Crippen molar-refractivity contribution in [2.24, 2.45) is 5.73 Å². The zero-order valence-electron chi connectivity index (χ0n) is 12.7. The molecule has 0 saturated carbocycles. The molecule has 112 valence electrons. The van der Waals surface area contributed by atoms with Crippen molar-refractivity contribution in [3.8, 4) is 11.5 Å². The Morgan fingerprint density at radius 3 is 2.33 bits per heavy atom. The van der Waals surface area contributed by atoms with E-state index in [-0.39, 0.29) is 6.04 Å². The molecule has 0 aliphatic rings. The maximum Gasteiger partial charge on any atom is 0.127 e. The molecule has 0 amide bonds. The molecular formula is C17H22N2O2. The molecule has 2 rings (SSSR count). The van der Waals surface area contributed by atoms with Gasteiger partial charge in [-0.2, -0.15) is 0 Å². The largest absolute Gasteiger partial charge is 0.497 e. The molecule has 1 unspecified atom stereocenters. The zero-order chi connectivity index (χ0) is 15.2. The molecule has 0 aromatic heterocycles. The van der Waals surface area contributed by atoms with Crippen LogP contribution in [0.15, 0.2) is 42.5 Å². The molecule has 4 nitrogen and oxygen atoms in total. The molecular weight excluding hydrogens is 264 g/mol. The van der Waals surface area contributed by atoms with Crippen molar-refractivity contribution in [3.63, 3.8) is 0 Å². The number of rotatable bonds is 6. The summed E-state index contributed by atoms with van der Waals surface area (Å²) in [5.41, 5.74) is 9.21. The average Bonchev–Trinajstić information content (AvgIpc) is 2.53. The van der Waals surface area contributed by atoms with Crippen LogP contribution in [0.2, 0.25) is 0 Å². The predicted molar refractivity (Wildman–Crippen MR) is 86.1 cm³/mol. The van der Waals surface area contributed by atoms with E-state index in [4.69, 9.17) is 15.2 Å². The molecule has 0 spiro atoms. The normalized spacial score (nSPS) is 11.8. The van der Waals surface area contributed by atoms with E-state index < -0.39 is 0 Å². The minimum Gasteiger partial charge on any atom is -0.497 e. The Hall–Kier alpha value is -2.20. The van der Waals surface area contributed by atoms with Gasteiger partial charge in [-0.15, -0.1) is 0 Å². The molecule has 2 aromatic rings. The molecule has 3 N–H and O–H groups in total. The fourth-order valence-corrected chi connectivity index (χ4v) is 2.22. The van der Waals surface area contributed by atoms with Crippen molar-refractivity contribution < 1.29 is 9.47 Å². The molecule has 0 fully saturated rings. The number of ether oxygens (including phenoxy) is 2. The molecule has 0 aliphatic carbocycles. The highest BCUT2D eigenvalue weighted by atomic mass is 16.5. The van der Waals surface area contributed by atoms with Gasteiger partial charge in [0.25, 0.3) is 0 Å². The summed E-state index contributed by atoms with van der Waals surface area (Å²) in [6.45, 7) is 2.53. The lowest BCUT2D eigenvalue weighted by atomic mass is 10.0. The van der Waals surface area contributed by atoms with Crippen molar-refractivity contribution in [1.29, 1.82) is 0 Å². The number of benzene rings is 2. The van der Waals surface area contributed by atoms with Crippen LogP contribution in [0.5, 0.6) is 11.5 Å². The van der Waals surface area contributed by atoms with Crippen LogP contribution in [0.4, 0.5) is 5.69 Å². The number of methoxy groups -OCH3 is 2. The predicted octanol–water partition coefficient (Wildman–Crippen LogP) is 3.12. The molecule has 0 saturated heterocycles. The summed E-state index contributed by atoms with van der Waals surface area (Å²) in [7, 11) is 3.29. The van der Waals surface area contributed by atoms with Gasteiger partial charge >= 0.3 is 0 Å². The zero-order valence-corrected chi connectivity index (χ0v) is 12.7. The summed E-state index contributed by atoms with van der Waals surface area (Å²) in [5, 5.41) is 3.44. The highest BCUT2D eigenvalue weighted by Crippen LogP contribution is 2.31. The van der Waals surface area contributed by atoms with Gasteiger partial charge in [0.05, 0.1) is 20.3 Å². The van der Waals surface area contributed by atoms with Gasteiger partial charge in [0.1, 0.15) is 11.5 Å². The molecule has 0 heterocycles. The lowest BCUT2D eigenvalue weighted by molar-refractivity contribution is 0.389. The second-order valence-electron chi connectivity index (χ2n) is 4.91. The van der Waals surface area contributed by atoms with E-state index in [0.29, 0.717) is 6.54 Å². The lowest BCUT2D eigenvalue weighted by Crippen LogP contribution is -2.21. The van der Waals surface area contributed by atoms with Crippen molar-refractivity contribution in [2.45, 2.75) is 13.0 Å². The monoisotopic (exact) mass is 286 g/mol. The summed E-state index contributed by atoms with van der Waals surface area (Å²) in [6, 6.07) is 14.0. The number of hydrogen-bond acceptors (Lipinski definition) is 4. The van der Waals surface area contributed by atoms with Gasteiger partial charge in [-0.1, -0.05) is 17.7 Å². The average molecular weight is 286 g/mol. The first kappa shape index (κ1) is 15.2. The smallest absolute Gasteiger partial charge is 0.127 e. The van der Waals surface area contributed by atoms with Crippen LogP contribution in [0.3, 0.4) is 0 Å². The summed E-state index contributed by atoms with van der Waals surface area (Å²) < 4.78 is 10.7. The van der Waals surface area contributed by atoms with Gasteiger partial charge in [0.2, 0.25) is 0 Å². The van der Waals surface area contributed by atoms with E-state index in [1.165, 1.54) is 5.56 Å². The first-order chi connectivity index (χ1) is 10.2. The van der Waals surface area contributed by atoms with Gasteiger partial charge < -0.3 is 20.5 Å². The lowest BCUT2D eigenvalue weighted by Gasteiger charge is -2.21. The highest BCUT2D eigenvalue weighted by molar-refractivity contribution is 5.50. The van der Waals surface area contributed by atoms with Crippen molar-refractivity contribution in [3.05, 3.63) is 53.6 Å². The summed E-state index contributed by atoms with van der Waals surface area (Å²) >= 11 is 0. The first-order valence-electron chi connectivity index (χ1n) is 6.93. The summed E-state index contributed by atoms with van der Waals surface area (Å²) in [4.78, 5) is 0. The second-order valence-corrected chi connectivity index (χ2v) is 4.91. The number of aryl methyl sites for hydroxylation is 1. The van der Waals surface area contributed by atoms with Gasteiger partial charge in [0.15, 0.2) is 0 Å². The van der Waals surface area contributed by atoms with E-state index in [1.807, 2.05) is 30.3 Å². The molecule has 2 aromatic carbocycles. The molecule has 4 heteroatoms. The summed E-state index contributed by atoms with van der Waals surface area (Å²) in [5.74, 6) is 1.53. The van der Waals surface area contributed by atoms with Crippen LogP contribution >= 0.6 is 0 Å². The Morgan fingerprint density at radius 2 is 1.76 bits per heavy atom. The quantitative estimate of drug-likeness (QED) is 0.856. The molecule has 0 aliphatic heterocycles. The van der Waals surface area contributed by atoms with Gasteiger partial charge in [0, 0.05) is 23.9 Å². The van der Waals surface area contributed by atoms with Crippen LogP contribution in [-0.4, -0.2) is 20.8 Å². The van der Waals surface area contributed by atoms with Crippen molar-refractivity contribution in [2.75, 3.05) is 26.1 Å². The number of hydrogen-bond donors (Lipinski definition) is 2. The Kier molecular flexibility index (Phi) is 5.06. The Labute approximate surface area is 125 Å². The molecule has 0 bridgehead atoms. The van der Waals surface area contributed by atoms with Crippen LogP contribution in [0.1, 0.15) is 17.2 Å². The van der Waals surface area contributed by atoms with Gasteiger partial charge in [-0.05, 0) is 31.2 Å². The third kappa shape index (κ3) is 3.67. The fraction of sp³-hybridized carbons (Fsp3) is 0.294. The third-order valence-corrected chi connectivity index (χ3v) is 3.44. The molecule has 1 atom stereocenters. The van der Waals surface area contributed by atoms with Crippen molar-refractivity contribution in [1.82, 2.24) is 0 Å². The second kappa shape index (κ2) is 6.99. The number of anilines is 1. The van der Waals surface area contributed by atoms with E-state index in [1.54, 1.807) is 14.2 Å². The maximum absolute atomic E-state index is 5.93. The van der Waals surface area contributed by atoms with Crippen LogP contribution in [-0.2, 0) is 0 Å². The third-order valence-electron chi connectivity index (χ3n) is 3.44. The van der Waals surface area contributed by atoms with E-state index in [2.05, 4.69) is 24.4 Å². The van der Waals surface area contributed by atoms with Gasteiger partial charge in [-0.25, -0.2) is 0 Å². The fourth-order valence-electron chi connectivity index (χ4n) is 2.22. The SMILES string of the molecule is COc1ccc(C(CN)Nc2ccc(C)cc2)c(OC)c1. The maximum atomic E-state index is 5.93. The topological polar surface area (TPSA) is 56.5 Å². The van der Waals surface area contributed by atoms with Crippen molar-refractivity contribution >= 4 is 5.69 Å². The Balaban J connectivity index is 2.26. The van der Waals surface area contributed by atoms with Crippen LogP contribution in [0, 0.1) is 6.92 Å². The van der Waals surface area contributed by atoms with Gasteiger partial charge in [-0.3, -0.25) is 0 Å². The Morgan fingerprint density at radius 1 is 1.05 bits per heavy atom. The van der Waals surface area contributed by atoms with E-state index >= 15 is 0 Å². The van der Waals surface area contributed by atoms with Crippen LogP contribution in [0.25, 0.3) is 0 Å². The standard InChI is InChI=1S/C17H22N2O2/c1-12-4-6-13(7-5-12)19-16(11-18)15-9-8-14(20-2)10-17(15)21-3/h4-10,16,19H,11,18H2,1-3H3. The highest BCUT2D eigenvalue weighted by Gasteiger charge is 2.15. The minimum absolute atomic E-state index is 0.0198. The van der Waals surface area contributed by atoms with E-state index in [0.717, 1.165) is 22.7 Å². The molecule has 21 heavy (non-hydrogen) atoms. The van der Waals surface area contributed by atoms with E-state index in [9.17, 15) is 0 Å². The van der Waals surface area contributed by atoms with Crippen LogP contribution < -0.4 is 20.5 Å². The minimum atomic E-state index is -0.0198. The summed E-state index contributed by atoms with van der Waals surface area (Å²) in [6.07, 6.45) is 0. The Bertz CT molecular complexity index is 582.